The number of rotatable bonds is 0. The second-order valence-corrected chi connectivity index (χ2v) is 1.42. The SMILES string of the molecule is Cl.N[C@@H]1C[C@@H]1F. The Morgan fingerprint density at radius 2 is 1.83 bits per heavy atom. The van der Waals surface area contributed by atoms with Crippen LogP contribution in [0.3, 0.4) is 0 Å². The van der Waals surface area contributed by atoms with E-state index in [0.29, 0.717) is 6.42 Å². The lowest BCUT2D eigenvalue weighted by atomic mass is 10.8. The first-order chi connectivity index (χ1) is 2.30. The third-order valence-corrected chi connectivity index (χ3v) is 0.759. The van der Waals surface area contributed by atoms with Gasteiger partial charge in [-0.25, -0.2) is 4.39 Å². The van der Waals surface area contributed by atoms with E-state index in [4.69, 9.17) is 5.73 Å². The monoisotopic (exact) mass is 111 g/mol. The van der Waals surface area contributed by atoms with Gasteiger partial charge in [0.1, 0.15) is 6.17 Å². The van der Waals surface area contributed by atoms with E-state index in [9.17, 15) is 4.39 Å². The second kappa shape index (κ2) is 1.76. The van der Waals surface area contributed by atoms with Crippen molar-refractivity contribution in [2.75, 3.05) is 0 Å². The molecule has 38 valence electrons. The zero-order valence-electron chi connectivity index (χ0n) is 3.23. The highest BCUT2D eigenvalue weighted by atomic mass is 35.5. The van der Waals surface area contributed by atoms with Crippen molar-refractivity contribution in [2.24, 2.45) is 5.73 Å². The molecule has 0 aromatic rings. The van der Waals surface area contributed by atoms with Crippen LogP contribution >= 0.6 is 12.4 Å². The Labute approximate surface area is 42.1 Å². The number of hydrogen-bond acceptors (Lipinski definition) is 1. The summed E-state index contributed by atoms with van der Waals surface area (Å²) in [7, 11) is 0. The van der Waals surface area contributed by atoms with E-state index in [1.165, 1.54) is 0 Å². The maximum Gasteiger partial charge on any atom is 0.117 e. The quantitative estimate of drug-likeness (QED) is 0.484. The van der Waals surface area contributed by atoms with Gasteiger partial charge in [-0.15, -0.1) is 12.4 Å². The zero-order valence-corrected chi connectivity index (χ0v) is 4.04. The molecule has 1 saturated carbocycles. The Hall–Kier alpha value is 0.180. The first-order valence-electron chi connectivity index (χ1n) is 1.70. The summed E-state index contributed by atoms with van der Waals surface area (Å²) in [6.07, 6.45) is -0.0880. The number of nitrogens with two attached hydrogens (primary N) is 1. The minimum atomic E-state index is -0.671. The summed E-state index contributed by atoms with van der Waals surface area (Å²) in [5.41, 5.74) is 4.99. The molecule has 1 aliphatic carbocycles. The van der Waals surface area contributed by atoms with Crippen LogP contribution in [0.2, 0.25) is 0 Å². The maximum absolute atomic E-state index is 11.4. The van der Waals surface area contributed by atoms with E-state index in [-0.39, 0.29) is 18.4 Å². The molecule has 1 fully saturated rings. The lowest BCUT2D eigenvalue weighted by Gasteiger charge is -1.66. The molecule has 0 unspecified atom stereocenters. The van der Waals surface area contributed by atoms with Gasteiger partial charge in [0, 0.05) is 6.04 Å². The van der Waals surface area contributed by atoms with Crippen molar-refractivity contribution in [1.82, 2.24) is 0 Å². The van der Waals surface area contributed by atoms with Crippen LogP contribution in [0.4, 0.5) is 4.39 Å². The van der Waals surface area contributed by atoms with E-state index in [0.717, 1.165) is 0 Å². The Balaban J connectivity index is 0.000000250. The molecule has 2 N–H and O–H groups in total. The van der Waals surface area contributed by atoms with Gasteiger partial charge in [-0.2, -0.15) is 0 Å². The van der Waals surface area contributed by atoms with Crippen molar-refractivity contribution in [3.8, 4) is 0 Å². The summed E-state index contributed by atoms with van der Waals surface area (Å²) in [6, 6.07) is -0.116. The largest absolute Gasteiger partial charge is 0.325 e. The second-order valence-electron chi connectivity index (χ2n) is 1.42. The molecule has 0 aliphatic heterocycles. The summed E-state index contributed by atoms with van der Waals surface area (Å²) < 4.78 is 11.4. The average Bonchev–Trinajstić information content (AvgIpc) is 1.79. The van der Waals surface area contributed by atoms with Crippen molar-refractivity contribution >= 4 is 12.4 Å². The fraction of sp³-hybridized carbons (Fsp3) is 1.00. The third kappa shape index (κ3) is 1.11. The molecule has 0 amide bonds. The predicted octanol–water partition coefficient (Wildman–Crippen LogP) is 0.477. The molecule has 2 atom stereocenters. The molecule has 0 radical (unpaired) electrons. The van der Waals surface area contributed by atoms with Gasteiger partial charge in [-0.1, -0.05) is 0 Å². The van der Waals surface area contributed by atoms with Crippen LogP contribution in [0, 0.1) is 0 Å². The molecule has 0 saturated heterocycles. The minimum Gasteiger partial charge on any atom is -0.325 e. The zero-order chi connectivity index (χ0) is 3.86. The van der Waals surface area contributed by atoms with Gasteiger partial charge >= 0.3 is 0 Å². The number of alkyl halides is 1. The molecule has 0 aromatic heterocycles. The standard InChI is InChI=1S/C3H6FN.ClH/c4-2-1-3(2)5;/h2-3H,1,5H2;1H/t2-,3+;/m0./s1. The Morgan fingerprint density at radius 1 is 1.67 bits per heavy atom. The van der Waals surface area contributed by atoms with Crippen LogP contribution in [0.1, 0.15) is 6.42 Å². The van der Waals surface area contributed by atoms with Gasteiger partial charge in [0.15, 0.2) is 0 Å². The normalized spacial score (nSPS) is 41.0. The van der Waals surface area contributed by atoms with Crippen molar-refractivity contribution in [2.45, 2.75) is 18.6 Å². The average molecular weight is 112 g/mol. The van der Waals surface area contributed by atoms with Gasteiger partial charge in [0.05, 0.1) is 0 Å². The molecular formula is C3H7ClFN. The van der Waals surface area contributed by atoms with Gasteiger partial charge in [-0.3, -0.25) is 0 Å². The fourth-order valence-electron chi connectivity index (χ4n) is 0.181. The summed E-state index contributed by atoms with van der Waals surface area (Å²) in [5, 5.41) is 0. The van der Waals surface area contributed by atoms with Crippen LogP contribution in [-0.4, -0.2) is 12.2 Å². The highest BCUT2D eigenvalue weighted by molar-refractivity contribution is 5.85. The molecule has 0 heterocycles. The van der Waals surface area contributed by atoms with E-state index in [1.54, 1.807) is 0 Å². The van der Waals surface area contributed by atoms with Crippen LogP contribution < -0.4 is 5.73 Å². The number of hydrogen-bond donors (Lipinski definition) is 1. The predicted molar refractivity (Wildman–Crippen MR) is 24.7 cm³/mol. The van der Waals surface area contributed by atoms with Gasteiger partial charge < -0.3 is 5.73 Å². The lowest BCUT2D eigenvalue weighted by Crippen LogP contribution is -2.00. The Kier molecular flexibility index (Phi) is 1.81. The van der Waals surface area contributed by atoms with E-state index in [2.05, 4.69) is 0 Å². The Morgan fingerprint density at radius 3 is 1.83 bits per heavy atom. The molecule has 0 spiro atoms. The van der Waals surface area contributed by atoms with Crippen LogP contribution in [0.25, 0.3) is 0 Å². The Bertz CT molecular complexity index is 44.1. The van der Waals surface area contributed by atoms with Gasteiger partial charge in [-0.05, 0) is 6.42 Å². The third-order valence-electron chi connectivity index (χ3n) is 0.759. The first-order valence-corrected chi connectivity index (χ1v) is 1.70. The summed E-state index contributed by atoms with van der Waals surface area (Å²) in [4.78, 5) is 0. The molecule has 0 bridgehead atoms. The van der Waals surface area contributed by atoms with Gasteiger partial charge in [0.25, 0.3) is 0 Å². The van der Waals surface area contributed by atoms with E-state index >= 15 is 0 Å². The summed E-state index contributed by atoms with van der Waals surface area (Å²) >= 11 is 0. The lowest BCUT2D eigenvalue weighted by molar-refractivity contribution is 0.467. The molecular weight excluding hydrogens is 104 g/mol. The first kappa shape index (κ1) is 6.18. The topological polar surface area (TPSA) is 26.0 Å². The van der Waals surface area contributed by atoms with E-state index < -0.39 is 6.17 Å². The molecule has 1 aliphatic rings. The highest BCUT2D eigenvalue weighted by Gasteiger charge is 2.32. The van der Waals surface area contributed by atoms with Crippen molar-refractivity contribution in [3.05, 3.63) is 0 Å². The minimum absolute atomic E-state index is 0. The van der Waals surface area contributed by atoms with Gasteiger partial charge in [0.2, 0.25) is 0 Å². The smallest absolute Gasteiger partial charge is 0.117 e. The van der Waals surface area contributed by atoms with E-state index in [1.807, 2.05) is 0 Å². The van der Waals surface area contributed by atoms with Crippen molar-refractivity contribution in [3.63, 3.8) is 0 Å². The van der Waals surface area contributed by atoms with Crippen LogP contribution in [-0.2, 0) is 0 Å². The van der Waals surface area contributed by atoms with Crippen LogP contribution in [0.15, 0.2) is 0 Å². The summed E-state index contributed by atoms with van der Waals surface area (Å²) in [5.74, 6) is 0. The number of halogens is 2. The fourth-order valence-corrected chi connectivity index (χ4v) is 0.181. The van der Waals surface area contributed by atoms with Crippen molar-refractivity contribution < 1.29 is 4.39 Å². The summed E-state index contributed by atoms with van der Waals surface area (Å²) in [6.45, 7) is 0. The van der Waals surface area contributed by atoms with Crippen LogP contribution in [0.5, 0.6) is 0 Å². The molecule has 3 heteroatoms. The molecule has 1 rings (SSSR count). The molecule has 6 heavy (non-hydrogen) atoms. The molecule has 1 nitrogen and oxygen atoms in total. The maximum atomic E-state index is 11.4. The highest BCUT2D eigenvalue weighted by Crippen LogP contribution is 2.21. The molecule has 0 aromatic carbocycles. The van der Waals surface area contributed by atoms with Crippen molar-refractivity contribution in [1.29, 1.82) is 0 Å².